The van der Waals surface area contributed by atoms with Gasteiger partial charge in [-0.2, -0.15) is 0 Å². The molecule has 1 aromatic carbocycles. The van der Waals surface area contributed by atoms with Crippen molar-refractivity contribution in [2.75, 3.05) is 5.32 Å². The number of fused-ring (bicyclic) bond motifs is 1. The molecule has 0 spiro atoms. The summed E-state index contributed by atoms with van der Waals surface area (Å²) in [5.41, 5.74) is 7.52. The maximum absolute atomic E-state index is 13.1. The van der Waals surface area contributed by atoms with E-state index in [0.29, 0.717) is 34.3 Å². The first-order valence-corrected chi connectivity index (χ1v) is 9.53. The van der Waals surface area contributed by atoms with Crippen molar-refractivity contribution >= 4 is 34.5 Å². The summed E-state index contributed by atoms with van der Waals surface area (Å²) in [4.78, 5) is 33.1. The van der Waals surface area contributed by atoms with E-state index < -0.39 is 5.91 Å². The molecule has 1 fully saturated rings. The number of hydrogen-bond acceptors (Lipinski definition) is 5. The van der Waals surface area contributed by atoms with E-state index in [2.05, 4.69) is 15.3 Å². The number of halogens is 1. The molecule has 1 atom stereocenters. The molecule has 0 aliphatic heterocycles. The van der Waals surface area contributed by atoms with E-state index >= 15 is 0 Å². The van der Waals surface area contributed by atoms with E-state index in [1.54, 1.807) is 41.0 Å². The molecule has 0 bridgehead atoms. The Balaban J connectivity index is 1.68. The van der Waals surface area contributed by atoms with Crippen LogP contribution in [0.4, 0.5) is 5.82 Å². The van der Waals surface area contributed by atoms with Gasteiger partial charge in [-0.05, 0) is 55.5 Å². The molecule has 7 nitrogen and oxygen atoms in total. The van der Waals surface area contributed by atoms with Gasteiger partial charge in [-0.15, -0.1) is 0 Å². The number of pyridine rings is 1. The minimum atomic E-state index is -0.473. The van der Waals surface area contributed by atoms with Gasteiger partial charge < -0.3 is 11.1 Å². The van der Waals surface area contributed by atoms with E-state index in [1.165, 1.54) is 0 Å². The fraction of sp³-hybridized carbons (Fsp3) is 0.300. The first kappa shape index (κ1) is 18.4. The van der Waals surface area contributed by atoms with Crippen molar-refractivity contribution in [3.8, 4) is 0 Å². The molecule has 3 N–H and O–H groups in total. The number of carbonyl (C=O) groups excluding carboxylic acids is 1. The number of nitrogens with one attached hydrogen (secondary N) is 1. The molecule has 2 heterocycles. The van der Waals surface area contributed by atoms with Crippen LogP contribution in [-0.2, 0) is 6.54 Å². The monoisotopic (exact) mass is 397 g/mol. The summed E-state index contributed by atoms with van der Waals surface area (Å²) < 4.78 is 1.70. The van der Waals surface area contributed by atoms with Gasteiger partial charge in [0.25, 0.3) is 5.56 Å². The number of primary amides is 1. The van der Waals surface area contributed by atoms with E-state index in [0.717, 1.165) is 18.4 Å². The number of nitrogens with two attached hydrogens (primary N) is 1. The third kappa shape index (κ3) is 3.57. The van der Waals surface area contributed by atoms with Crippen molar-refractivity contribution in [2.24, 2.45) is 11.7 Å². The van der Waals surface area contributed by atoms with Gasteiger partial charge in [0.15, 0.2) is 11.5 Å². The van der Waals surface area contributed by atoms with Crippen LogP contribution in [0, 0.1) is 5.92 Å². The standard InChI is InChI=1S/C20H20ClN5O2/c1-11(13-6-7-13)26-19-15(8-9-16(21)25-19)24-18(20(26)28)23-10-12-2-4-14(5-3-12)17(22)27/h2-5,8-9,11,13H,6-7,10H2,1H3,(H2,22,27)(H,23,24). The third-order valence-corrected chi connectivity index (χ3v) is 5.32. The number of aromatic nitrogens is 3. The summed E-state index contributed by atoms with van der Waals surface area (Å²) in [5, 5.41) is 3.45. The van der Waals surface area contributed by atoms with Crippen LogP contribution in [0.2, 0.25) is 5.15 Å². The second-order valence-corrected chi connectivity index (χ2v) is 7.49. The average molecular weight is 398 g/mol. The van der Waals surface area contributed by atoms with Crippen molar-refractivity contribution in [1.82, 2.24) is 14.5 Å². The Morgan fingerprint density at radius 3 is 2.61 bits per heavy atom. The molecule has 1 amide bonds. The normalized spacial score (nSPS) is 14.8. The molecule has 2 aromatic heterocycles. The van der Waals surface area contributed by atoms with E-state index in [4.69, 9.17) is 17.3 Å². The molecule has 1 saturated carbocycles. The molecule has 3 aromatic rings. The van der Waals surface area contributed by atoms with E-state index in [1.807, 2.05) is 6.92 Å². The summed E-state index contributed by atoms with van der Waals surface area (Å²) in [6, 6.07) is 10.4. The zero-order chi connectivity index (χ0) is 19.8. The molecule has 1 aliphatic carbocycles. The van der Waals surface area contributed by atoms with Crippen molar-refractivity contribution in [1.29, 1.82) is 0 Å². The second-order valence-electron chi connectivity index (χ2n) is 7.11. The van der Waals surface area contributed by atoms with Crippen LogP contribution < -0.4 is 16.6 Å². The fourth-order valence-corrected chi connectivity index (χ4v) is 3.46. The second kappa shape index (κ2) is 7.24. The number of carbonyl (C=O) groups is 1. The molecule has 1 aliphatic rings. The Hall–Kier alpha value is -2.93. The van der Waals surface area contributed by atoms with Crippen LogP contribution in [-0.4, -0.2) is 20.4 Å². The lowest BCUT2D eigenvalue weighted by molar-refractivity contribution is 0.100. The van der Waals surface area contributed by atoms with Crippen LogP contribution in [0.25, 0.3) is 11.2 Å². The van der Waals surface area contributed by atoms with Crippen molar-refractivity contribution < 1.29 is 4.79 Å². The maximum atomic E-state index is 13.1. The van der Waals surface area contributed by atoms with Crippen LogP contribution in [0.5, 0.6) is 0 Å². The molecular weight excluding hydrogens is 378 g/mol. The highest BCUT2D eigenvalue weighted by Crippen LogP contribution is 2.39. The zero-order valence-electron chi connectivity index (χ0n) is 15.4. The Morgan fingerprint density at radius 2 is 1.96 bits per heavy atom. The van der Waals surface area contributed by atoms with Crippen LogP contribution >= 0.6 is 11.6 Å². The zero-order valence-corrected chi connectivity index (χ0v) is 16.1. The van der Waals surface area contributed by atoms with E-state index in [-0.39, 0.29) is 17.4 Å². The van der Waals surface area contributed by atoms with Gasteiger partial charge >= 0.3 is 0 Å². The molecule has 0 saturated heterocycles. The van der Waals surface area contributed by atoms with E-state index in [9.17, 15) is 9.59 Å². The lowest BCUT2D eigenvalue weighted by Gasteiger charge is -2.18. The van der Waals surface area contributed by atoms with Gasteiger partial charge in [-0.1, -0.05) is 23.7 Å². The Morgan fingerprint density at radius 1 is 1.25 bits per heavy atom. The molecule has 144 valence electrons. The number of rotatable bonds is 6. The van der Waals surface area contributed by atoms with Gasteiger partial charge in [-0.3, -0.25) is 14.2 Å². The number of hydrogen-bond donors (Lipinski definition) is 2. The van der Waals surface area contributed by atoms with Gasteiger partial charge in [0.2, 0.25) is 5.91 Å². The highest BCUT2D eigenvalue weighted by Gasteiger charge is 2.31. The predicted octanol–water partition coefficient (Wildman–Crippen LogP) is 3.13. The largest absolute Gasteiger partial charge is 0.366 e. The number of anilines is 1. The fourth-order valence-electron chi connectivity index (χ4n) is 3.32. The Kier molecular flexibility index (Phi) is 4.77. The lowest BCUT2D eigenvalue weighted by Crippen LogP contribution is -2.29. The summed E-state index contributed by atoms with van der Waals surface area (Å²) in [7, 11) is 0. The summed E-state index contributed by atoms with van der Waals surface area (Å²) in [6.45, 7) is 2.43. The summed E-state index contributed by atoms with van der Waals surface area (Å²) >= 11 is 6.06. The first-order valence-electron chi connectivity index (χ1n) is 9.15. The first-order chi connectivity index (χ1) is 13.4. The molecule has 4 rings (SSSR count). The smallest absolute Gasteiger partial charge is 0.295 e. The highest BCUT2D eigenvalue weighted by atomic mass is 35.5. The number of amides is 1. The van der Waals surface area contributed by atoms with Gasteiger partial charge in [-0.25, -0.2) is 9.97 Å². The molecular formula is C20H20ClN5O2. The van der Waals surface area contributed by atoms with Crippen molar-refractivity contribution in [3.05, 3.63) is 63.0 Å². The Bertz CT molecular complexity index is 1110. The minimum absolute atomic E-state index is 0.0272. The predicted molar refractivity (Wildman–Crippen MR) is 109 cm³/mol. The number of benzene rings is 1. The van der Waals surface area contributed by atoms with Gasteiger partial charge in [0.1, 0.15) is 10.7 Å². The van der Waals surface area contributed by atoms with Crippen molar-refractivity contribution in [3.63, 3.8) is 0 Å². The average Bonchev–Trinajstić information content (AvgIpc) is 3.52. The SMILES string of the molecule is CC(C1CC1)n1c(=O)c(NCc2ccc(C(N)=O)cc2)nc2ccc(Cl)nc21. The topological polar surface area (TPSA) is 103 Å². The van der Waals surface area contributed by atoms with Gasteiger partial charge in [0, 0.05) is 18.2 Å². The molecule has 1 unspecified atom stereocenters. The van der Waals surface area contributed by atoms with Gasteiger partial charge in [0.05, 0.1) is 0 Å². The third-order valence-electron chi connectivity index (χ3n) is 5.11. The van der Waals surface area contributed by atoms with Crippen LogP contribution in [0.1, 0.15) is 41.7 Å². The Labute approximate surface area is 166 Å². The van der Waals surface area contributed by atoms with Crippen LogP contribution in [0.3, 0.4) is 0 Å². The molecule has 8 heteroatoms. The molecule has 0 radical (unpaired) electrons. The maximum Gasteiger partial charge on any atom is 0.295 e. The summed E-state index contributed by atoms with van der Waals surface area (Å²) in [5.74, 6) is 0.264. The summed E-state index contributed by atoms with van der Waals surface area (Å²) in [6.07, 6.45) is 2.21. The molecule has 28 heavy (non-hydrogen) atoms. The van der Waals surface area contributed by atoms with Crippen molar-refractivity contribution in [2.45, 2.75) is 32.4 Å². The minimum Gasteiger partial charge on any atom is -0.366 e. The quantitative estimate of drug-likeness (QED) is 0.622. The highest BCUT2D eigenvalue weighted by molar-refractivity contribution is 6.29. The van der Waals surface area contributed by atoms with Crippen LogP contribution in [0.15, 0.2) is 41.2 Å². The number of nitrogens with zero attached hydrogens (tertiary/aromatic N) is 3. The lowest BCUT2D eigenvalue weighted by atomic mass is 10.1.